The van der Waals surface area contributed by atoms with Crippen LogP contribution in [0.1, 0.15) is 53.0 Å². The third-order valence-corrected chi connectivity index (χ3v) is 4.09. The monoisotopic (exact) mass is 280 g/mol. The average molecular weight is 280 g/mol. The third kappa shape index (κ3) is 3.13. The first-order chi connectivity index (χ1) is 10.2. The van der Waals surface area contributed by atoms with Gasteiger partial charge in [-0.25, -0.2) is 0 Å². The van der Waals surface area contributed by atoms with Crippen LogP contribution in [-0.4, -0.2) is 10.9 Å². The van der Waals surface area contributed by atoms with Crippen molar-refractivity contribution in [3.8, 4) is 0 Å². The molecule has 108 valence electrons. The predicted octanol–water partition coefficient (Wildman–Crippen LogP) is 3.45. The summed E-state index contributed by atoms with van der Waals surface area (Å²) in [5.41, 5.74) is 4.36. The van der Waals surface area contributed by atoms with Crippen LogP contribution < -0.4 is 5.32 Å². The Morgan fingerprint density at radius 2 is 1.95 bits per heavy atom. The Balaban J connectivity index is 1.73. The Hall–Kier alpha value is -2.16. The highest BCUT2D eigenvalue weighted by Gasteiger charge is 2.15. The van der Waals surface area contributed by atoms with Crippen LogP contribution in [0.2, 0.25) is 0 Å². The van der Waals surface area contributed by atoms with Crippen LogP contribution in [0.5, 0.6) is 0 Å². The van der Waals surface area contributed by atoms with Gasteiger partial charge in [0.05, 0.1) is 11.7 Å². The van der Waals surface area contributed by atoms with E-state index in [1.165, 1.54) is 24.0 Å². The number of rotatable bonds is 3. The molecule has 0 aliphatic heterocycles. The summed E-state index contributed by atoms with van der Waals surface area (Å²) >= 11 is 0. The van der Waals surface area contributed by atoms with E-state index < -0.39 is 0 Å². The molecule has 0 saturated heterocycles. The molecular formula is C18H20N2O. The van der Waals surface area contributed by atoms with Crippen molar-refractivity contribution in [2.75, 3.05) is 0 Å². The zero-order valence-electron chi connectivity index (χ0n) is 12.3. The second-order valence-corrected chi connectivity index (χ2v) is 5.64. The molecule has 3 rings (SSSR count). The number of benzene rings is 1. The number of nitrogens with one attached hydrogen (secondary N) is 1. The lowest BCUT2D eigenvalue weighted by Gasteiger charge is -2.17. The summed E-state index contributed by atoms with van der Waals surface area (Å²) in [6, 6.07) is 11.7. The minimum Gasteiger partial charge on any atom is -0.344 e. The Kier molecular flexibility index (Phi) is 4.00. The quantitative estimate of drug-likeness (QED) is 0.935. The number of pyridine rings is 1. The molecule has 1 aliphatic rings. The van der Waals surface area contributed by atoms with Crippen molar-refractivity contribution in [1.82, 2.24) is 10.3 Å². The van der Waals surface area contributed by atoms with Crippen LogP contribution in [0.15, 0.2) is 42.6 Å². The molecule has 1 aromatic heterocycles. The van der Waals surface area contributed by atoms with Gasteiger partial charge in [0.2, 0.25) is 0 Å². The van der Waals surface area contributed by atoms with Crippen molar-refractivity contribution in [1.29, 1.82) is 0 Å². The van der Waals surface area contributed by atoms with Crippen molar-refractivity contribution in [2.24, 2.45) is 0 Å². The van der Waals surface area contributed by atoms with E-state index in [9.17, 15) is 4.79 Å². The third-order valence-electron chi connectivity index (χ3n) is 4.09. The number of hydrogen-bond acceptors (Lipinski definition) is 2. The van der Waals surface area contributed by atoms with Gasteiger partial charge < -0.3 is 5.32 Å². The molecule has 1 heterocycles. The fraction of sp³-hybridized carbons (Fsp3) is 0.333. The second-order valence-electron chi connectivity index (χ2n) is 5.64. The van der Waals surface area contributed by atoms with E-state index in [4.69, 9.17) is 0 Å². The molecule has 1 unspecified atom stereocenters. The minimum atomic E-state index is -0.0882. The Morgan fingerprint density at radius 1 is 1.14 bits per heavy atom. The maximum atomic E-state index is 12.4. The summed E-state index contributed by atoms with van der Waals surface area (Å²) in [6.07, 6.45) is 6.46. The number of carbonyl (C=O) groups excluding carboxylic acids is 1. The Labute approximate surface area is 125 Å². The van der Waals surface area contributed by atoms with Gasteiger partial charge in [-0.1, -0.05) is 12.1 Å². The molecule has 3 nitrogen and oxygen atoms in total. The molecule has 21 heavy (non-hydrogen) atoms. The lowest BCUT2D eigenvalue weighted by molar-refractivity contribution is 0.0939. The number of aryl methyl sites for hydroxylation is 2. The smallest absolute Gasteiger partial charge is 0.251 e. The van der Waals surface area contributed by atoms with Crippen molar-refractivity contribution in [3.63, 3.8) is 0 Å². The topological polar surface area (TPSA) is 42.0 Å². The first-order valence-electron chi connectivity index (χ1n) is 7.57. The lowest BCUT2D eigenvalue weighted by atomic mass is 9.90. The molecule has 1 aliphatic carbocycles. The predicted molar refractivity (Wildman–Crippen MR) is 83.2 cm³/mol. The van der Waals surface area contributed by atoms with E-state index in [-0.39, 0.29) is 11.9 Å². The molecule has 0 bridgehead atoms. The van der Waals surface area contributed by atoms with Crippen LogP contribution in [0.25, 0.3) is 0 Å². The van der Waals surface area contributed by atoms with Crippen LogP contribution in [0, 0.1) is 0 Å². The summed E-state index contributed by atoms with van der Waals surface area (Å²) in [5, 5.41) is 3.02. The van der Waals surface area contributed by atoms with Gasteiger partial charge in [-0.3, -0.25) is 9.78 Å². The first kappa shape index (κ1) is 13.8. The number of aromatic nitrogens is 1. The normalized spacial score (nSPS) is 15.1. The maximum absolute atomic E-state index is 12.4. The zero-order chi connectivity index (χ0) is 14.7. The van der Waals surface area contributed by atoms with Crippen molar-refractivity contribution >= 4 is 5.91 Å². The van der Waals surface area contributed by atoms with E-state index in [1.54, 1.807) is 6.20 Å². The zero-order valence-corrected chi connectivity index (χ0v) is 12.3. The molecule has 2 aromatic rings. The van der Waals surface area contributed by atoms with E-state index >= 15 is 0 Å². The number of carbonyl (C=O) groups is 1. The summed E-state index contributed by atoms with van der Waals surface area (Å²) in [4.78, 5) is 16.7. The molecule has 1 atom stereocenters. The molecule has 0 radical (unpaired) electrons. The molecule has 1 amide bonds. The summed E-state index contributed by atoms with van der Waals surface area (Å²) in [7, 11) is 0. The van der Waals surface area contributed by atoms with E-state index in [0.717, 1.165) is 24.1 Å². The van der Waals surface area contributed by atoms with Crippen LogP contribution in [-0.2, 0) is 12.8 Å². The standard InChI is InChI=1S/C18H20N2O/c1-13(17-8-4-5-11-19-17)20-18(21)16-10-9-14-6-2-3-7-15(14)12-16/h4-5,8-13H,2-3,6-7H2,1H3,(H,20,21). The maximum Gasteiger partial charge on any atom is 0.251 e. The molecule has 3 heteroatoms. The lowest BCUT2D eigenvalue weighted by Crippen LogP contribution is -2.27. The number of nitrogens with zero attached hydrogens (tertiary/aromatic N) is 1. The van der Waals surface area contributed by atoms with Gasteiger partial charge >= 0.3 is 0 Å². The van der Waals surface area contributed by atoms with E-state index in [1.807, 2.05) is 31.2 Å². The fourth-order valence-electron chi connectivity index (χ4n) is 2.86. The number of fused-ring (bicyclic) bond motifs is 1. The number of amides is 1. The second kappa shape index (κ2) is 6.08. The highest BCUT2D eigenvalue weighted by molar-refractivity contribution is 5.94. The largest absolute Gasteiger partial charge is 0.344 e. The molecule has 1 aromatic carbocycles. The van der Waals surface area contributed by atoms with Gasteiger partial charge in [0.1, 0.15) is 0 Å². The van der Waals surface area contributed by atoms with Gasteiger partial charge in [0, 0.05) is 11.8 Å². The highest BCUT2D eigenvalue weighted by atomic mass is 16.1. The Bertz CT molecular complexity index is 637. The minimum absolute atomic E-state index is 0.0264. The first-order valence-corrected chi connectivity index (χ1v) is 7.57. The summed E-state index contributed by atoms with van der Waals surface area (Å²) in [5.74, 6) is -0.0264. The summed E-state index contributed by atoms with van der Waals surface area (Å²) in [6.45, 7) is 1.96. The van der Waals surface area contributed by atoms with Crippen molar-refractivity contribution in [3.05, 3.63) is 65.0 Å². The van der Waals surface area contributed by atoms with Crippen molar-refractivity contribution in [2.45, 2.75) is 38.6 Å². The highest BCUT2D eigenvalue weighted by Crippen LogP contribution is 2.22. The fourth-order valence-corrected chi connectivity index (χ4v) is 2.86. The van der Waals surface area contributed by atoms with E-state index in [2.05, 4.69) is 22.4 Å². The van der Waals surface area contributed by atoms with Crippen LogP contribution in [0.4, 0.5) is 0 Å². The SMILES string of the molecule is CC(NC(=O)c1ccc2c(c1)CCCC2)c1ccccn1. The molecule has 1 N–H and O–H groups in total. The number of hydrogen-bond donors (Lipinski definition) is 1. The molecular weight excluding hydrogens is 260 g/mol. The van der Waals surface area contributed by atoms with Gasteiger partial charge in [-0.2, -0.15) is 0 Å². The van der Waals surface area contributed by atoms with Gasteiger partial charge in [-0.15, -0.1) is 0 Å². The van der Waals surface area contributed by atoms with E-state index in [0.29, 0.717) is 0 Å². The van der Waals surface area contributed by atoms with Crippen molar-refractivity contribution < 1.29 is 4.79 Å². The molecule has 0 saturated carbocycles. The van der Waals surface area contributed by atoms with Gasteiger partial charge in [0.25, 0.3) is 5.91 Å². The Morgan fingerprint density at radius 3 is 2.71 bits per heavy atom. The average Bonchev–Trinajstić information content (AvgIpc) is 2.55. The van der Waals surface area contributed by atoms with Gasteiger partial charge in [0.15, 0.2) is 0 Å². The van der Waals surface area contributed by atoms with Gasteiger partial charge in [-0.05, 0) is 68.0 Å². The molecule has 0 spiro atoms. The molecule has 0 fully saturated rings. The summed E-state index contributed by atoms with van der Waals surface area (Å²) < 4.78 is 0. The van der Waals surface area contributed by atoms with Crippen LogP contribution in [0.3, 0.4) is 0 Å². The van der Waals surface area contributed by atoms with Crippen LogP contribution >= 0.6 is 0 Å².